The molecule has 3 aliphatic heterocycles. The zero-order chi connectivity index (χ0) is 20.5. The summed E-state index contributed by atoms with van der Waals surface area (Å²) in [7, 11) is -4.05. The molecule has 1 aromatic carbocycles. The molecule has 2 fully saturated rings. The van der Waals surface area contributed by atoms with Crippen LogP contribution in [-0.2, 0) is 27.1 Å². The number of amides is 1. The van der Waals surface area contributed by atoms with Gasteiger partial charge in [-0.3, -0.25) is 9.69 Å². The molecule has 0 aromatic heterocycles. The van der Waals surface area contributed by atoms with Gasteiger partial charge in [0, 0.05) is 44.6 Å². The fourth-order valence-corrected chi connectivity index (χ4v) is 5.44. The fraction of sp³-hybridized carbons (Fsp3) is 0.650. The van der Waals surface area contributed by atoms with Gasteiger partial charge in [0.25, 0.3) is 0 Å². The van der Waals surface area contributed by atoms with Crippen molar-refractivity contribution in [3.8, 4) is 5.75 Å². The van der Waals surface area contributed by atoms with Gasteiger partial charge < -0.3 is 14.4 Å². The third-order valence-electron chi connectivity index (χ3n) is 6.45. The number of nitrogens with two attached hydrogens (primary N) is 1. The number of piperidine rings is 2. The number of fused-ring (bicyclic) bond motifs is 2. The number of benzene rings is 1. The Bertz CT molecular complexity index is 867. The number of nitrogens with one attached hydrogen (secondary N) is 1. The number of hydrogen-bond donors (Lipinski definition) is 2. The highest BCUT2D eigenvalue weighted by Gasteiger charge is 2.40. The Kier molecular flexibility index (Phi) is 5.83. The molecule has 3 aliphatic rings. The van der Waals surface area contributed by atoms with Crippen LogP contribution in [0, 0.1) is 0 Å². The van der Waals surface area contributed by atoms with Crippen LogP contribution < -0.4 is 14.6 Å². The molecule has 0 saturated carbocycles. The van der Waals surface area contributed by atoms with E-state index < -0.39 is 10.3 Å². The van der Waals surface area contributed by atoms with Gasteiger partial charge in [0.15, 0.2) is 0 Å². The molecule has 1 aromatic rings. The van der Waals surface area contributed by atoms with Crippen LogP contribution in [0.1, 0.15) is 43.2 Å². The van der Waals surface area contributed by atoms with Crippen LogP contribution in [-0.4, -0.2) is 63.4 Å². The molecule has 3 heterocycles. The first kappa shape index (κ1) is 20.6. The molecule has 0 aliphatic carbocycles. The summed E-state index contributed by atoms with van der Waals surface area (Å²) in [5, 5.41) is 8.49. The van der Waals surface area contributed by atoms with Gasteiger partial charge in [0.2, 0.25) is 5.91 Å². The number of rotatable bonds is 5. The lowest BCUT2D eigenvalue weighted by molar-refractivity contribution is -0.133. The van der Waals surface area contributed by atoms with E-state index in [-0.39, 0.29) is 17.1 Å². The fourth-order valence-electron chi connectivity index (χ4n) is 5.07. The lowest BCUT2D eigenvalue weighted by atomic mass is 9.69. The molecular weight excluding hydrogens is 392 g/mol. The van der Waals surface area contributed by atoms with Gasteiger partial charge in [0.05, 0.1) is 0 Å². The molecule has 160 valence electrons. The summed E-state index contributed by atoms with van der Waals surface area (Å²) in [6.07, 6.45) is 4.81. The zero-order valence-electron chi connectivity index (χ0n) is 16.7. The van der Waals surface area contributed by atoms with Gasteiger partial charge in [-0.05, 0) is 62.0 Å². The minimum Gasteiger partial charge on any atom is -0.371 e. The summed E-state index contributed by atoms with van der Waals surface area (Å²) < 4.78 is 27.6. The standard InChI is InChI=1S/C20H30N4O4S/c21-29(26,27)28-17-4-5-18-16(13-17)14-23(15-20(18)6-8-22-9-7-20)11-12-24-10-2-1-3-19(24)25/h4-5,13,22H,1-3,6-12,14-15H2,(H2,21,26,27). The highest BCUT2D eigenvalue weighted by molar-refractivity contribution is 7.84. The molecule has 9 heteroatoms. The van der Waals surface area contributed by atoms with E-state index in [2.05, 4.69) is 10.2 Å². The summed E-state index contributed by atoms with van der Waals surface area (Å²) in [6.45, 7) is 6.02. The molecule has 1 spiro atoms. The topological polar surface area (TPSA) is 105 Å². The van der Waals surface area contributed by atoms with Crippen molar-refractivity contribution < 1.29 is 17.4 Å². The van der Waals surface area contributed by atoms with Gasteiger partial charge in [-0.15, -0.1) is 0 Å². The van der Waals surface area contributed by atoms with E-state index >= 15 is 0 Å². The van der Waals surface area contributed by atoms with Crippen molar-refractivity contribution in [2.75, 3.05) is 39.3 Å². The van der Waals surface area contributed by atoms with E-state index in [1.165, 1.54) is 5.56 Å². The lowest BCUT2D eigenvalue weighted by Crippen LogP contribution is -2.52. The van der Waals surface area contributed by atoms with Crippen LogP contribution in [0.2, 0.25) is 0 Å². The molecule has 4 rings (SSSR count). The van der Waals surface area contributed by atoms with Crippen LogP contribution in [0.15, 0.2) is 18.2 Å². The lowest BCUT2D eigenvalue weighted by Gasteiger charge is -2.47. The van der Waals surface area contributed by atoms with Gasteiger partial charge in [-0.1, -0.05) is 6.07 Å². The van der Waals surface area contributed by atoms with Crippen LogP contribution in [0.5, 0.6) is 5.75 Å². The Balaban J connectivity index is 1.55. The van der Waals surface area contributed by atoms with Crippen molar-refractivity contribution in [2.45, 2.75) is 44.1 Å². The summed E-state index contributed by atoms with van der Waals surface area (Å²) in [5.41, 5.74) is 2.42. The van der Waals surface area contributed by atoms with Crippen LogP contribution in [0.4, 0.5) is 0 Å². The second-order valence-corrected chi connectivity index (χ2v) is 9.63. The largest absolute Gasteiger partial charge is 0.380 e. The van der Waals surface area contributed by atoms with Crippen molar-refractivity contribution in [2.24, 2.45) is 5.14 Å². The average molecular weight is 423 g/mol. The maximum absolute atomic E-state index is 12.2. The summed E-state index contributed by atoms with van der Waals surface area (Å²) in [5.74, 6) is 0.512. The Morgan fingerprint density at radius 1 is 1.17 bits per heavy atom. The molecule has 8 nitrogen and oxygen atoms in total. The summed E-state index contributed by atoms with van der Waals surface area (Å²) in [4.78, 5) is 16.5. The Labute approximate surface area is 172 Å². The van der Waals surface area contributed by atoms with Crippen molar-refractivity contribution in [1.29, 1.82) is 0 Å². The van der Waals surface area contributed by atoms with Crippen molar-refractivity contribution in [3.05, 3.63) is 29.3 Å². The second kappa shape index (κ2) is 8.22. The maximum Gasteiger partial charge on any atom is 0.380 e. The first-order valence-corrected chi connectivity index (χ1v) is 11.9. The molecule has 0 radical (unpaired) electrons. The highest BCUT2D eigenvalue weighted by Crippen LogP contribution is 2.41. The first-order chi connectivity index (χ1) is 13.8. The van der Waals surface area contributed by atoms with E-state index in [4.69, 9.17) is 9.32 Å². The molecule has 29 heavy (non-hydrogen) atoms. The summed E-state index contributed by atoms with van der Waals surface area (Å²) in [6, 6.07) is 5.52. The van der Waals surface area contributed by atoms with Crippen LogP contribution >= 0.6 is 0 Å². The SMILES string of the molecule is NS(=O)(=O)Oc1ccc2c(c1)CN(CCN1CCCCC1=O)CC21CCNCC1. The molecule has 2 saturated heterocycles. The Morgan fingerprint density at radius 3 is 2.69 bits per heavy atom. The van der Waals surface area contributed by atoms with Crippen molar-refractivity contribution in [3.63, 3.8) is 0 Å². The third-order valence-corrected chi connectivity index (χ3v) is 6.87. The maximum atomic E-state index is 12.2. The van der Waals surface area contributed by atoms with Crippen molar-refractivity contribution in [1.82, 2.24) is 15.1 Å². The summed E-state index contributed by atoms with van der Waals surface area (Å²) >= 11 is 0. The minimum atomic E-state index is -4.05. The minimum absolute atomic E-state index is 0.0465. The molecular formula is C20H30N4O4S. The monoisotopic (exact) mass is 422 g/mol. The number of hydrogen-bond acceptors (Lipinski definition) is 6. The van der Waals surface area contributed by atoms with E-state index in [0.717, 1.165) is 70.5 Å². The Morgan fingerprint density at radius 2 is 1.97 bits per heavy atom. The van der Waals surface area contributed by atoms with E-state index in [1.807, 2.05) is 17.0 Å². The van der Waals surface area contributed by atoms with Gasteiger partial charge in [0.1, 0.15) is 5.75 Å². The van der Waals surface area contributed by atoms with Gasteiger partial charge in [-0.25, -0.2) is 0 Å². The second-order valence-electron chi connectivity index (χ2n) is 8.47. The molecule has 0 atom stereocenters. The average Bonchev–Trinajstić information content (AvgIpc) is 2.66. The number of carbonyl (C=O) groups is 1. The van der Waals surface area contributed by atoms with E-state index in [1.54, 1.807) is 6.07 Å². The predicted octanol–water partition coefficient (Wildman–Crippen LogP) is 0.718. The predicted molar refractivity (Wildman–Crippen MR) is 110 cm³/mol. The molecule has 3 N–H and O–H groups in total. The molecule has 0 bridgehead atoms. The highest BCUT2D eigenvalue weighted by atomic mass is 32.2. The smallest absolute Gasteiger partial charge is 0.371 e. The Hall–Kier alpha value is -1.68. The van der Waals surface area contributed by atoms with Gasteiger partial charge in [-0.2, -0.15) is 13.6 Å². The normalized spacial score (nSPS) is 22.5. The number of likely N-dealkylation sites (tertiary alicyclic amines) is 1. The zero-order valence-corrected chi connectivity index (χ0v) is 17.5. The first-order valence-electron chi connectivity index (χ1n) is 10.4. The molecule has 0 unspecified atom stereocenters. The van der Waals surface area contributed by atoms with Crippen molar-refractivity contribution >= 4 is 16.2 Å². The van der Waals surface area contributed by atoms with Crippen LogP contribution in [0.25, 0.3) is 0 Å². The number of nitrogens with zero attached hydrogens (tertiary/aromatic N) is 2. The number of carbonyl (C=O) groups excluding carboxylic acids is 1. The quantitative estimate of drug-likeness (QED) is 0.724. The van der Waals surface area contributed by atoms with E-state index in [0.29, 0.717) is 13.0 Å². The molecule has 1 amide bonds. The van der Waals surface area contributed by atoms with Crippen LogP contribution in [0.3, 0.4) is 0 Å². The van der Waals surface area contributed by atoms with Gasteiger partial charge >= 0.3 is 10.3 Å². The third kappa shape index (κ3) is 4.74. The van der Waals surface area contributed by atoms with E-state index in [9.17, 15) is 13.2 Å².